The number of aromatic nitrogens is 4. The van der Waals surface area contributed by atoms with Crippen LogP contribution in [0.4, 0.5) is 10.1 Å². The van der Waals surface area contributed by atoms with Gasteiger partial charge in [0.25, 0.3) is 10.0 Å². The first-order valence-electron chi connectivity index (χ1n) is 6.45. The standard InChI is InChI=1S/C13H11FN6O2S/c1-8-2-3-10(13-12(8)11(4-15)17-18-13)19-23(21,22)9-5-16-20(6-9)7-14/h2-3,5-6,19H,7H2,1H3,(H,17,18). The van der Waals surface area contributed by atoms with Crippen molar-refractivity contribution in [2.45, 2.75) is 18.6 Å². The highest BCUT2D eigenvalue weighted by atomic mass is 32.2. The number of aromatic amines is 1. The topological polar surface area (TPSA) is 116 Å². The molecule has 3 aromatic rings. The Morgan fingerprint density at radius 2 is 2.26 bits per heavy atom. The van der Waals surface area contributed by atoms with Gasteiger partial charge in [0.05, 0.1) is 17.4 Å². The van der Waals surface area contributed by atoms with Crippen LogP contribution in [0.2, 0.25) is 0 Å². The van der Waals surface area contributed by atoms with Crippen LogP contribution in [0.1, 0.15) is 11.3 Å². The van der Waals surface area contributed by atoms with Crippen molar-refractivity contribution in [2.24, 2.45) is 0 Å². The third-order valence-electron chi connectivity index (χ3n) is 3.32. The molecular weight excluding hydrogens is 323 g/mol. The molecule has 8 nitrogen and oxygen atoms in total. The van der Waals surface area contributed by atoms with Crippen molar-refractivity contribution >= 4 is 26.6 Å². The van der Waals surface area contributed by atoms with Gasteiger partial charge in [0.1, 0.15) is 11.0 Å². The van der Waals surface area contributed by atoms with Crippen molar-refractivity contribution in [2.75, 3.05) is 4.72 Å². The van der Waals surface area contributed by atoms with E-state index in [0.29, 0.717) is 10.9 Å². The van der Waals surface area contributed by atoms with E-state index in [9.17, 15) is 12.8 Å². The maximum Gasteiger partial charge on any atom is 0.265 e. The number of rotatable bonds is 4. The average Bonchev–Trinajstić information content (AvgIpc) is 3.16. The van der Waals surface area contributed by atoms with Gasteiger partial charge in [-0.15, -0.1) is 0 Å². The molecule has 118 valence electrons. The molecule has 0 spiro atoms. The zero-order valence-corrected chi connectivity index (χ0v) is 12.7. The number of H-pyrrole nitrogens is 1. The summed E-state index contributed by atoms with van der Waals surface area (Å²) in [5, 5.41) is 19.7. The second-order valence-electron chi connectivity index (χ2n) is 4.80. The zero-order chi connectivity index (χ0) is 16.6. The number of sulfonamides is 1. The third kappa shape index (κ3) is 2.51. The van der Waals surface area contributed by atoms with E-state index in [0.717, 1.165) is 22.6 Å². The number of anilines is 1. The fraction of sp³-hybridized carbons (Fsp3) is 0.154. The van der Waals surface area contributed by atoms with Crippen molar-refractivity contribution in [3.8, 4) is 6.07 Å². The molecule has 0 bridgehead atoms. The van der Waals surface area contributed by atoms with Crippen molar-refractivity contribution < 1.29 is 12.8 Å². The first kappa shape index (κ1) is 15.0. The molecule has 3 rings (SSSR count). The van der Waals surface area contributed by atoms with E-state index in [4.69, 9.17) is 5.26 Å². The largest absolute Gasteiger partial charge is 0.277 e. The molecule has 0 aliphatic carbocycles. The van der Waals surface area contributed by atoms with Crippen molar-refractivity contribution in [3.05, 3.63) is 35.8 Å². The molecule has 0 unspecified atom stereocenters. The molecular formula is C13H11FN6O2S. The molecule has 10 heteroatoms. The molecule has 0 amide bonds. The molecule has 23 heavy (non-hydrogen) atoms. The van der Waals surface area contributed by atoms with E-state index in [2.05, 4.69) is 20.0 Å². The maximum atomic E-state index is 12.5. The Kier molecular flexibility index (Phi) is 3.49. The molecule has 0 fully saturated rings. The number of benzene rings is 1. The molecule has 1 aromatic carbocycles. The summed E-state index contributed by atoms with van der Waals surface area (Å²) in [5.74, 6) is 0. The Morgan fingerprint density at radius 1 is 1.48 bits per heavy atom. The highest BCUT2D eigenvalue weighted by Crippen LogP contribution is 2.28. The fourth-order valence-electron chi connectivity index (χ4n) is 2.21. The van der Waals surface area contributed by atoms with Gasteiger partial charge in [0, 0.05) is 11.6 Å². The quantitative estimate of drug-likeness (QED) is 0.752. The number of nitrogens with one attached hydrogen (secondary N) is 2. The van der Waals surface area contributed by atoms with Gasteiger partial charge < -0.3 is 0 Å². The van der Waals surface area contributed by atoms with Crippen LogP contribution in [0.15, 0.2) is 29.4 Å². The molecule has 0 radical (unpaired) electrons. The van der Waals surface area contributed by atoms with Gasteiger partial charge in [0.2, 0.25) is 0 Å². The summed E-state index contributed by atoms with van der Waals surface area (Å²) < 4.78 is 40.4. The van der Waals surface area contributed by atoms with Crippen LogP contribution in [-0.2, 0) is 16.8 Å². The Bertz CT molecular complexity index is 1030. The Balaban J connectivity index is 2.06. The Hall–Kier alpha value is -2.93. The molecule has 2 N–H and O–H groups in total. The van der Waals surface area contributed by atoms with Gasteiger partial charge in [0.15, 0.2) is 12.5 Å². The first-order valence-corrected chi connectivity index (χ1v) is 7.93. The lowest BCUT2D eigenvalue weighted by Gasteiger charge is -2.08. The van der Waals surface area contributed by atoms with E-state index in [1.165, 1.54) is 0 Å². The summed E-state index contributed by atoms with van der Waals surface area (Å²) in [6.07, 6.45) is 2.14. The van der Waals surface area contributed by atoms with E-state index in [1.54, 1.807) is 19.1 Å². The van der Waals surface area contributed by atoms with Gasteiger partial charge in [-0.25, -0.2) is 17.5 Å². The highest BCUT2D eigenvalue weighted by molar-refractivity contribution is 7.92. The fourth-order valence-corrected chi connectivity index (χ4v) is 3.24. The first-order chi connectivity index (χ1) is 11.0. The lowest BCUT2D eigenvalue weighted by Crippen LogP contribution is -2.12. The van der Waals surface area contributed by atoms with Crippen LogP contribution >= 0.6 is 0 Å². The molecule has 0 atom stereocenters. The SMILES string of the molecule is Cc1ccc(NS(=O)(=O)c2cnn(CF)c2)c2[nH]nc(C#N)c12. The predicted molar refractivity (Wildman–Crippen MR) is 79.7 cm³/mol. The summed E-state index contributed by atoms with van der Waals surface area (Å²) in [4.78, 5) is -0.163. The molecule has 2 heterocycles. The van der Waals surface area contributed by atoms with E-state index < -0.39 is 16.8 Å². The lowest BCUT2D eigenvalue weighted by atomic mass is 10.1. The van der Waals surface area contributed by atoms with Gasteiger partial charge >= 0.3 is 0 Å². The minimum atomic E-state index is -3.94. The Morgan fingerprint density at radius 3 is 2.91 bits per heavy atom. The third-order valence-corrected chi connectivity index (χ3v) is 4.64. The average molecular weight is 334 g/mol. The minimum absolute atomic E-state index is 0.163. The van der Waals surface area contributed by atoms with Crippen LogP contribution in [0.3, 0.4) is 0 Å². The number of fused-ring (bicyclic) bond motifs is 1. The van der Waals surface area contributed by atoms with E-state index >= 15 is 0 Å². The number of hydrogen-bond donors (Lipinski definition) is 2. The van der Waals surface area contributed by atoms with Crippen LogP contribution < -0.4 is 4.72 Å². The number of aryl methyl sites for hydroxylation is 1. The molecule has 2 aromatic heterocycles. The predicted octanol–water partition coefficient (Wildman–Crippen LogP) is 1.67. The van der Waals surface area contributed by atoms with E-state index in [1.807, 2.05) is 6.07 Å². The number of nitriles is 1. The van der Waals surface area contributed by atoms with Gasteiger partial charge in [-0.3, -0.25) is 9.82 Å². The molecule has 0 saturated carbocycles. The maximum absolute atomic E-state index is 12.5. The highest BCUT2D eigenvalue weighted by Gasteiger charge is 2.20. The molecule has 0 saturated heterocycles. The van der Waals surface area contributed by atoms with E-state index in [-0.39, 0.29) is 16.3 Å². The normalized spacial score (nSPS) is 11.5. The molecule has 0 aliphatic rings. The van der Waals surface area contributed by atoms with Crippen LogP contribution in [0.5, 0.6) is 0 Å². The second kappa shape index (κ2) is 5.36. The number of alkyl halides is 1. The summed E-state index contributed by atoms with van der Waals surface area (Å²) in [6, 6.07) is 5.19. The summed E-state index contributed by atoms with van der Waals surface area (Å²) >= 11 is 0. The number of halogens is 1. The van der Waals surface area contributed by atoms with Crippen molar-refractivity contribution in [1.29, 1.82) is 5.26 Å². The van der Waals surface area contributed by atoms with Crippen LogP contribution in [0, 0.1) is 18.3 Å². The van der Waals surface area contributed by atoms with Crippen LogP contribution in [0.25, 0.3) is 10.9 Å². The summed E-state index contributed by atoms with van der Waals surface area (Å²) in [7, 11) is -3.94. The monoisotopic (exact) mass is 334 g/mol. The number of hydrogen-bond acceptors (Lipinski definition) is 5. The van der Waals surface area contributed by atoms with Crippen molar-refractivity contribution in [3.63, 3.8) is 0 Å². The molecule has 0 aliphatic heterocycles. The van der Waals surface area contributed by atoms with Crippen LogP contribution in [-0.4, -0.2) is 28.4 Å². The second-order valence-corrected chi connectivity index (χ2v) is 6.49. The number of nitrogens with zero attached hydrogens (tertiary/aromatic N) is 4. The van der Waals surface area contributed by atoms with Gasteiger partial charge in [-0.05, 0) is 18.6 Å². The van der Waals surface area contributed by atoms with Gasteiger partial charge in [-0.1, -0.05) is 6.07 Å². The summed E-state index contributed by atoms with van der Waals surface area (Å²) in [6.45, 7) is 0.874. The zero-order valence-electron chi connectivity index (χ0n) is 11.9. The lowest BCUT2D eigenvalue weighted by molar-refractivity contribution is 0.349. The van der Waals surface area contributed by atoms with Crippen molar-refractivity contribution in [1.82, 2.24) is 20.0 Å². The summed E-state index contributed by atoms with van der Waals surface area (Å²) in [5.41, 5.74) is 1.62. The minimum Gasteiger partial charge on any atom is -0.277 e. The van der Waals surface area contributed by atoms with Gasteiger partial charge in [-0.2, -0.15) is 15.5 Å². The Labute approximate surface area is 130 Å². The smallest absolute Gasteiger partial charge is 0.265 e.